The fourth-order valence-electron chi connectivity index (χ4n) is 3.21. The van der Waals surface area contributed by atoms with Gasteiger partial charge in [-0.25, -0.2) is 8.42 Å². The van der Waals surface area contributed by atoms with Gasteiger partial charge in [-0.1, -0.05) is 24.3 Å². The van der Waals surface area contributed by atoms with E-state index in [0.717, 1.165) is 16.1 Å². The zero-order chi connectivity index (χ0) is 24.8. The molecule has 1 atom stereocenters. The zero-order valence-electron chi connectivity index (χ0n) is 19.4. The lowest BCUT2D eigenvalue weighted by molar-refractivity contribution is -0.139. The Morgan fingerprint density at radius 2 is 1.73 bits per heavy atom. The van der Waals surface area contributed by atoms with Crippen molar-refractivity contribution >= 4 is 33.3 Å². The van der Waals surface area contributed by atoms with E-state index in [-0.39, 0.29) is 23.9 Å². The van der Waals surface area contributed by atoms with Crippen LogP contribution in [0.5, 0.6) is 5.75 Å². The largest absolute Gasteiger partial charge is 0.497 e. The number of hydrogen-bond acceptors (Lipinski definition) is 6. The van der Waals surface area contributed by atoms with E-state index in [1.165, 1.54) is 31.0 Å². The summed E-state index contributed by atoms with van der Waals surface area (Å²) < 4.78 is 31.2. The maximum Gasteiger partial charge on any atom is 0.244 e. The number of nitrogens with one attached hydrogen (secondary N) is 1. The predicted octanol–water partition coefficient (Wildman–Crippen LogP) is 1.83. The molecule has 9 nitrogen and oxygen atoms in total. The normalized spacial score (nSPS) is 11.9. The van der Waals surface area contributed by atoms with Crippen molar-refractivity contribution in [2.75, 3.05) is 31.3 Å². The highest BCUT2D eigenvalue weighted by molar-refractivity contribution is 7.92. The molecule has 0 aromatic heterocycles. The first-order valence-corrected chi connectivity index (χ1v) is 12.1. The predicted molar refractivity (Wildman–Crippen MR) is 126 cm³/mol. The van der Waals surface area contributed by atoms with Crippen LogP contribution in [-0.2, 0) is 26.2 Å². The van der Waals surface area contributed by atoms with E-state index in [0.29, 0.717) is 11.3 Å². The van der Waals surface area contributed by atoms with Crippen molar-refractivity contribution in [1.29, 1.82) is 0 Å². The van der Waals surface area contributed by atoms with E-state index >= 15 is 0 Å². The molecule has 178 valence electrons. The monoisotopic (exact) mass is 475 g/mol. The Balaban J connectivity index is 2.40. The van der Waals surface area contributed by atoms with Gasteiger partial charge in [0.05, 0.1) is 19.1 Å². The van der Waals surface area contributed by atoms with Crippen molar-refractivity contribution in [2.24, 2.45) is 0 Å². The number of anilines is 1. The standard InChI is InChI=1S/C23H29N3O6S/c1-16(23(29)24-3)25(14-18-9-11-21(32-4)12-10-18)22(28)15-26(33(5,30)31)20-8-6-7-19(13-20)17(2)27/h6-13,16H,14-15H2,1-5H3,(H,24,29)/t16-/m1/s1. The summed E-state index contributed by atoms with van der Waals surface area (Å²) in [6.07, 6.45) is 0.983. The summed E-state index contributed by atoms with van der Waals surface area (Å²) in [5.74, 6) is -0.544. The summed E-state index contributed by atoms with van der Waals surface area (Å²) in [7, 11) is -0.861. The van der Waals surface area contributed by atoms with Gasteiger partial charge in [-0.3, -0.25) is 18.7 Å². The molecule has 0 radical (unpaired) electrons. The van der Waals surface area contributed by atoms with Crippen LogP contribution in [0.15, 0.2) is 48.5 Å². The topological polar surface area (TPSA) is 113 Å². The molecule has 0 aliphatic rings. The third-order valence-corrected chi connectivity index (χ3v) is 6.29. The number of sulfonamides is 1. The molecule has 2 amide bonds. The number of likely N-dealkylation sites (N-methyl/N-ethyl adjacent to an activating group) is 1. The van der Waals surface area contributed by atoms with Crippen LogP contribution in [-0.4, -0.2) is 63.9 Å². The molecule has 0 fully saturated rings. The lowest BCUT2D eigenvalue weighted by Crippen LogP contribution is -2.50. The quantitative estimate of drug-likeness (QED) is 0.525. The summed E-state index contributed by atoms with van der Waals surface area (Å²) in [6, 6.07) is 12.2. The van der Waals surface area contributed by atoms with Crippen molar-refractivity contribution in [3.05, 3.63) is 59.7 Å². The van der Waals surface area contributed by atoms with Gasteiger partial charge in [0, 0.05) is 19.2 Å². The molecule has 1 N–H and O–H groups in total. The second-order valence-corrected chi connectivity index (χ2v) is 9.44. The van der Waals surface area contributed by atoms with Gasteiger partial charge in [0.15, 0.2) is 5.78 Å². The highest BCUT2D eigenvalue weighted by Crippen LogP contribution is 2.21. The Kier molecular flexibility index (Phi) is 8.58. The molecular weight excluding hydrogens is 446 g/mol. The van der Waals surface area contributed by atoms with Crippen LogP contribution in [0, 0.1) is 0 Å². The summed E-state index contributed by atoms with van der Waals surface area (Å²) in [6.45, 7) is 2.50. The Morgan fingerprint density at radius 3 is 2.24 bits per heavy atom. The van der Waals surface area contributed by atoms with Crippen LogP contribution in [0.3, 0.4) is 0 Å². The average molecular weight is 476 g/mol. The van der Waals surface area contributed by atoms with Crippen LogP contribution >= 0.6 is 0 Å². The molecule has 0 heterocycles. The van der Waals surface area contributed by atoms with Crippen molar-refractivity contribution in [3.8, 4) is 5.75 Å². The van der Waals surface area contributed by atoms with Crippen molar-refractivity contribution < 1.29 is 27.5 Å². The van der Waals surface area contributed by atoms with E-state index < -0.39 is 28.5 Å². The fourth-order valence-corrected chi connectivity index (χ4v) is 4.05. The van der Waals surface area contributed by atoms with Gasteiger partial charge in [-0.2, -0.15) is 0 Å². The molecule has 0 aliphatic heterocycles. The number of amides is 2. The van der Waals surface area contributed by atoms with Crippen LogP contribution < -0.4 is 14.4 Å². The minimum Gasteiger partial charge on any atom is -0.497 e. The number of ether oxygens (including phenoxy) is 1. The van der Waals surface area contributed by atoms with E-state index in [2.05, 4.69) is 5.32 Å². The molecule has 0 unspecified atom stereocenters. The van der Waals surface area contributed by atoms with Gasteiger partial charge >= 0.3 is 0 Å². The average Bonchev–Trinajstić information content (AvgIpc) is 2.79. The molecule has 10 heteroatoms. The number of nitrogens with zero attached hydrogens (tertiary/aromatic N) is 2. The second kappa shape index (κ2) is 11.0. The number of carbonyl (C=O) groups is 3. The molecule has 0 bridgehead atoms. The van der Waals surface area contributed by atoms with Crippen molar-refractivity contribution in [2.45, 2.75) is 26.4 Å². The van der Waals surface area contributed by atoms with Gasteiger partial charge in [0.2, 0.25) is 21.8 Å². The fraction of sp³-hybridized carbons (Fsp3) is 0.348. The summed E-state index contributed by atoms with van der Waals surface area (Å²) >= 11 is 0. The van der Waals surface area contributed by atoms with Gasteiger partial charge in [0.1, 0.15) is 18.3 Å². The molecule has 0 saturated heterocycles. The molecule has 33 heavy (non-hydrogen) atoms. The number of methoxy groups -OCH3 is 1. The van der Waals surface area contributed by atoms with Crippen LogP contribution in [0.1, 0.15) is 29.8 Å². The molecule has 2 aromatic rings. The first kappa shape index (κ1) is 25.9. The highest BCUT2D eigenvalue weighted by atomic mass is 32.2. The molecule has 0 saturated carbocycles. The molecule has 0 aliphatic carbocycles. The Bertz CT molecular complexity index is 1120. The Labute approximate surface area is 194 Å². The van der Waals surface area contributed by atoms with Crippen molar-refractivity contribution in [1.82, 2.24) is 10.2 Å². The first-order chi connectivity index (χ1) is 15.5. The molecule has 0 spiro atoms. The minimum atomic E-state index is -3.86. The van der Waals surface area contributed by atoms with Gasteiger partial charge < -0.3 is 15.0 Å². The van der Waals surface area contributed by atoms with E-state index in [1.807, 2.05) is 0 Å². The van der Waals surface area contributed by atoms with Gasteiger partial charge in [0.25, 0.3) is 0 Å². The SMILES string of the molecule is CNC(=O)[C@@H](C)N(Cc1ccc(OC)cc1)C(=O)CN(c1cccc(C(C)=O)c1)S(C)(=O)=O. The van der Waals surface area contributed by atoms with Gasteiger partial charge in [-0.05, 0) is 43.7 Å². The van der Waals surface area contributed by atoms with Crippen molar-refractivity contribution in [3.63, 3.8) is 0 Å². The third-order valence-electron chi connectivity index (χ3n) is 5.15. The number of hydrogen-bond donors (Lipinski definition) is 1. The van der Waals surface area contributed by atoms with Crippen LogP contribution in [0.2, 0.25) is 0 Å². The van der Waals surface area contributed by atoms with Crippen LogP contribution in [0.25, 0.3) is 0 Å². The summed E-state index contributed by atoms with van der Waals surface area (Å²) in [4.78, 5) is 38.7. The number of Topliss-reactive ketones (excluding diaryl/α,β-unsaturated/α-hetero) is 1. The van der Waals surface area contributed by atoms with Crippen LogP contribution in [0.4, 0.5) is 5.69 Å². The highest BCUT2D eigenvalue weighted by Gasteiger charge is 2.29. The minimum absolute atomic E-state index is 0.0858. The number of rotatable bonds is 10. The maximum atomic E-state index is 13.3. The summed E-state index contributed by atoms with van der Waals surface area (Å²) in [5.41, 5.74) is 1.25. The smallest absolute Gasteiger partial charge is 0.244 e. The van der Waals surface area contributed by atoms with Gasteiger partial charge in [-0.15, -0.1) is 0 Å². The molecule has 2 aromatic carbocycles. The maximum absolute atomic E-state index is 13.3. The van der Waals surface area contributed by atoms with E-state index in [9.17, 15) is 22.8 Å². The lowest BCUT2D eigenvalue weighted by Gasteiger charge is -2.31. The third kappa shape index (κ3) is 6.79. The summed E-state index contributed by atoms with van der Waals surface area (Å²) in [5, 5.41) is 2.52. The van der Waals surface area contributed by atoms with E-state index in [4.69, 9.17) is 4.74 Å². The number of ketones is 1. The Morgan fingerprint density at radius 1 is 1.09 bits per heavy atom. The second-order valence-electron chi connectivity index (χ2n) is 7.54. The number of benzene rings is 2. The lowest BCUT2D eigenvalue weighted by atomic mass is 10.1. The zero-order valence-corrected chi connectivity index (χ0v) is 20.2. The first-order valence-electron chi connectivity index (χ1n) is 10.2. The Hall–Kier alpha value is -3.40. The molecule has 2 rings (SSSR count). The molecular formula is C23H29N3O6S. The van der Waals surface area contributed by atoms with E-state index in [1.54, 1.807) is 50.4 Å². The number of carbonyl (C=O) groups excluding carboxylic acids is 3.